The van der Waals surface area contributed by atoms with Gasteiger partial charge in [0.15, 0.2) is 0 Å². The zero-order chi connectivity index (χ0) is 10.7. The maximum atomic E-state index is 5.53. The second kappa shape index (κ2) is 5.05. The average Bonchev–Trinajstić information content (AvgIpc) is 2.85. The molecule has 15 heavy (non-hydrogen) atoms. The Bertz CT molecular complexity index is 289. The molecule has 0 aromatic carbocycles. The van der Waals surface area contributed by atoms with Crippen molar-refractivity contribution in [1.82, 2.24) is 10.3 Å². The van der Waals surface area contributed by atoms with Gasteiger partial charge < -0.3 is 10.1 Å². The van der Waals surface area contributed by atoms with Gasteiger partial charge in [0.2, 0.25) is 0 Å². The Morgan fingerprint density at radius 3 is 3.20 bits per heavy atom. The van der Waals surface area contributed by atoms with E-state index in [4.69, 9.17) is 4.74 Å². The van der Waals surface area contributed by atoms with E-state index < -0.39 is 0 Å². The van der Waals surface area contributed by atoms with Crippen molar-refractivity contribution in [1.29, 1.82) is 0 Å². The SMILES string of the molecule is CC(NCC1CCOC1C)c1cscn1. The topological polar surface area (TPSA) is 34.1 Å². The number of nitrogens with zero attached hydrogens (tertiary/aromatic N) is 1. The van der Waals surface area contributed by atoms with E-state index in [0.29, 0.717) is 18.1 Å². The summed E-state index contributed by atoms with van der Waals surface area (Å²) < 4.78 is 5.53. The number of thiazole rings is 1. The minimum Gasteiger partial charge on any atom is -0.378 e. The number of aromatic nitrogens is 1. The average molecular weight is 226 g/mol. The van der Waals surface area contributed by atoms with Gasteiger partial charge in [-0.3, -0.25) is 0 Å². The maximum Gasteiger partial charge on any atom is 0.0795 e. The smallest absolute Gasteiger partial charge is 0.0795 e. The Kier molecular flexibility index (Phi) is 3.72. The quantitative estimate of drug-likeness (QED) is 0.855. The second-order valence-corrected chi connectivity index (χ2v) is 4.89. The molecule has 0 bridgehead atoms. The fourth-order valence-corrected chi connectivity index (χ4v) is 2.56. The van der Waals surface area contributed by atoms with Crippen molar-refractivity contribution in [3.8, 4) is 0 Å². The highest BCUT2D eigenvalue weighted by Crippen LogP contribution is 2.20. The molecular weight excluding hydrogens is 208 g/mol. The monoisotopic (exact) mass is 226 g/mol. The van der Waals surface area contributed by atoms with Crippen LogP contribution in [0.1, 0.15) is 32.0 Å². The van der Waals surface area contributed by atoms with Crippen molar-refractivity contribution in [2.45, 2.75) is 32.4 Å². The number of hydrogen-bond acceptors (Lipinski definition) is 4. The summed E-state index contributed by atoms with van der Waals surface area (Å²) in [5, 5.41) is 5.62. The highest BCUT2D eigenvalue weighted by Gasteiger charge is 2.24. The van der Waals surface area contributed by atoms with Gasteiger partial charge in [-0.1, -0.05) is 0 Å². The number of ether oxygens (including phenoxy) is 1. The van der Waals surface area contributed by atoms with Crippen LogP contribution in [0.5, 0.6) is 0 Å². The molecule has 0 radical (unpaired) electrons. The van der Waals surface area contributed by atoms with E-state index >= 15 is 0 Å². The fraction of sp³-hybridized carbons (Fsp3) is 0.727. The highest BCUT2D eigenvalue weighted by atomic mass is 32.1. The van der Waals surface area contributed by atoms with Gasteiger partial charge in [0.25, 0.3) is 0 Å². The van der Waals surface area contributed by atoms with Crippen molar-refractivity contribution < 1.29 is 4.74 Å². The van der Waals surface area contributed by atoms with E-state index in [2.05, 4.69) is 29.5 Å². The van der Waals surface area contributed by atoms with Crippen LogP contribution in [0.2, 0.25) is 0 Å². The first-order valence-electron chi connectivity index (χ1n) is 5.50. The molecule has 0 amide bonds. The van der Waals surface area contributed by atoms with E-state index in [9.17, 15) is 0 Å². The molecule has 0 spiro atoms. The molecule has 3 atom stereocenters. The minimum absolute atomic E-state index is 0.351. The summed E-state index contributed by atoms with van der Waals surface area (Å²) in [7, 11) is 0. The first-order valence-corrected chi connectivity index (χ1v) is 6.44. The Morgan fingerprint density at radius 2 is 2.60 bits per heavy atom. The molecule has 3 nitrogen and oxygen atoms in total. The predicted molar refractivity (Wildman–Crippen MR) is 62.1 cm³/mol. The third kappa shape index (κ3) is 2.77. The summed E-state index contributed by atoms with van der Waals surface area (Å²) in [4.78, 5) is 4.31. The van der Waals surface area contributed by atoms with Gasteiger partial charge >= 0.3 is 0 Å². The lowest BCUT2D eigenvalue weighted by Crippen LogP contribution is -2.29. The van der Waals surface area contributed by atoms with Crippen molar-refractivity contribution in [2.75, 3.05) is 13.2 Å². The number of rotatable bonds is 4. The van der Waals surface area contributed by atoms with E-state index in [1.807, 2.05) is 5.51 Å². The molecule has 4 heteroatoms. The van der Waals surface area contributed by atoms with Gasteiger partial charge in [0.1, 0.15) is 0 Å². The number of hydrogen-bond donors (Lipinski definition) is 1. The summed E-state index contributed by atoms with van der Waals surface area (Å²) >= 11 is 1.65. The van der Waals surface area contributed by atoms with Crippen LogP contribution in [0.4, 0.5) is 0 Å². The lowest BCUT2D eigenvalue weighted by Gasteiger charge is -2.18. The van der Waals surface area contributed by atoms with Gasteiger partial charge in [-0.15, -0.1) is 11.3 Å². The van der Waals surface area contributed by atoms with E-state index in [-0.39, 0.29) is 0 Å². The van der Waals surface area contributed by atoms with Crippen LogP contribution in [0.15, 0.2) is 10.9 Å². The molecule has 1 aliphatic rings. The Balaban J connectivity index is 1.78. The molecule has 0 saturated carbocycles. The normalized spacial score (nSPS) is 28.1. The van der Waals surface area contributed by atoms with E-state index in [1.165, 1.54) is 6.42 Å². The minimum atomic E-state index is 0.351. The maximum absolute atomic E-state index is 5.53. The zero-order valence-electron chi connectivity index (χ0n) is 9.27. The molecule has 3 unspecified atom stereocenters. The van der Waals surface area contributed by atoms with Gasteiger partial charge in [-0.05, 0) is 26.2 Å². The molecule has 1 fully saturated rings. The van der Waals surface area contributed by atoms with Crippen molar-refractivity contribution in [2.24, 2.45) is 5.92 Å². The summed E-state index contributed by atoms with van der Waals surface area (Å²) in [6.07, 6.45) is 1.58. The standard InChI is InChI=1S/C11H18N2OS/c1-8(11-6-15-7-13-11)12-5-10-3-4-14-9(10)2/h6-10,12H,3-5H2,1-2H3. The van der Waals surface area contributed by atoms with Crippen LogP contribution in [0.3, 0.4) is 0 Å². The molecule has 2 heterocycles. The van der Waals surface area contributed by atoms with Crippen molar-refractivity contribution >= 4 is 11.3 Å². The first-order chi connectivity index (χ1) is 7.27. The molecule has 84 valence electrons. The number of nitrogens with one attached hydrogen (secondary N) is 1. The zero-order valence-corrected chi connectivity index (χ0v) is 10.1. The van der Waals surface area contributed by atoms with Gasteiger partial charge in [-0.25, -0.2) is 4.98 Å². The van der Waals surface area contributed by atoms with Crippen molar-refractivity contribution in [3.05, 3.63) is 16.6 Å². The van der Waals surface area contributed by atoms with Gasteiger partial charge in [-0.2, -0.15) is 0 Å². The predicted octanol–water partition coefficient (Wildman–Crippen LogP) is 2.22. The Morgan fingerprint density at radius 1 is 1.73 bits per heavy atom. The van der Waals surface area contributed by atoms with E-state index in [1.54, 1.807) is 11.3 Å². The molecule has 1 aliphatic heterocycles. The third-order valence-corrected chi connectivity index (χ3v) is 3.72. The van der Waals surface area contributed by atoms with Crippen LogP contribution >= 0.6 is 11.3 Å². The molecule has 1 saturated heterocycles. The third-order valence-electron chi connectivity index (χ3n) is 3.11. The molecule has 1 N–H and O–H groups in total. The second-order valence-electron chi connectivity index (χ2n) is 4.17. The largest absolute Gasteiger partial charge is 0.378 e. The van der Waals surface area contributed by atoms with Crippen LogP contribution < -0.4 is 5.32 Å². The van der Waals surface area contributed by atoms with Gasteiger partial charge in [0.05, 0.1) is 17.3 Å². The first kappa shape index (κ1) is 11.0. The molecule has 0 aliphatic carbocycles. The summed E-state index contributed by atoms with van der Waals surface area (Å²) in [6.45, 7) is 6.26. The fourth-order valence-electron chi connectivity index (χ4n) is 1.91. The lowest BCUT2D eigenvalue weighted by molar-refractivity contribution is 0.105. The Labute approximate surface area is 94.9 Å². The van der Waals surface area contributed by atoms with Gasteiger partial charge in [0, 0.05) is 24.6 Å². The van der Waals surface area contributed by atoms with Crippen LogP contribution in [0, 0.1) is 5.92 Å². The van der Waals surface area contributed by atoms with Crippen LogP contribution in [0.25, 0.3) is 0 Å². The molecular formula is C11H18N2OS. The summed E-state index contributed by atoms with van der Waals surface area (Å²) in [5.74, 6) is 0.658. The highest BCUT2D eigenvalue weighted by molar-refractivity contribution is 7.07. The molecule has 2 rings (SSSR count). The summed E-state index contributed by atoms with van der Waals surface area (Å²) in [5.41, 5.74) is 3.03. The summed E-state index contributed by atoms with van der Waals surface area (Å²) in [6, 6.07) is 0.351. The van der Waals surface area contributed by atoms with E-state index in [0.717, 1.165) is 18.8 Å². The van der Waals surface area contributed by atoms with Crippen LogP contribution in [-0.2, 0) is 4.74 Å². The van der Waals surface area contributed by atoms with Crippen molar-refractivity contribution in [3.63, 3.8) is 0 Å². The van der Waals surface area contributed by atoms with Crippen LogP contribution in [-0.4, -0.2) is 24.2 Å². The molecule has 1 aromatic heterocycles. The Hall–Kier alpha value is -0.450. The lowest BCUT2D eigenvalue weighted by atomic mass is 10.0. The molecule has 1 aromatic rings.